The van der Waals surface area contributed by atoms with Crippen molar-refractivity contribution < 1.29 is 45.3 Å². The summed E-state index contributed by atoms with van der Waals surface area (Å²) < 4.78 is 6.06. The number of aliphatic hydroxyl groups excluding tert-OH is 5. The van der Waals surface area contributed by atoms with Crippen molar-refractivity contribution in [3.05, 3.63) is 47.3 Å². The summed E-state index contributed by atoms with van der Waals surface area (Å²) in [5, 5.41) is 88.3. The molecule has 2 aliphatic heterocycles. The highest BCUT2D eigenvalue weighted by molar-refractivity contribution is 6.00. The first-order valence-electron chi connectivity index (χ1n) is 19.5. The number of nitrogens with one attached hydrogen (secondary N) is 2. The standard InChI is InChI=1S/C40H61N3O9/c1-20-19-52-35(22(20)3)36(49)37(4,50)29-9-10-40(51)32-31-24(15-39(29,40)11-12-44)6-5-23(25-7-8-30(41)42-18-25)14-38(31)16-28(47)27(46)13-26(38)34(48)33(32)43-17-21(2)45/h5-8,18,20-24,26-31,35-36,42-47,49-51H,9-17,19,41H2,1-4H3. The molecule has 2 heterocycles. The second kappa shape index (κ2) is 13.6. The van der Waals surface area contributed by atoms with Crippen LogP contribution in [0.3, 0.4) is 0 Å². The average Bonchev–Trinajstić information content (AvgIpc) is 3.53. The number of ether oxygens (including phenoxy) is 1. The lowest BCUT2D eigenvalue weighted by Gasteiger charge is -2.65. The van der Waals surface area contributed by atoms with Gasteiger partial charge in [-0.15, -0.1) is 0 Å². The molecule has 0 radical (unpaired) electrons. The highest BCUT2D eigenvalue weighted by Crippen LogP contribution is 2.73. The number of ketones is 1. The van der Waals surface area contributed by atoms with Crippen molar-refractivity contribution in [3.8, 4) is 0 Å². The zero-order valence-corrected chi connectivity index (χ0v) is 31.0. The molecule has 0 bridgehead atoms. The van der Waals surface area contributed by atoms with E-state index in [1.165, 1.54) is 0 Å². The molecule has 0 amide bonds. The Hall–Kier alpha value is -2.13. The molecule has 11 N–H and O–H groups in total. The van der Waals surface area contributed by atoms with Crippen molar-refractivity contribution in [2.24, 2.45) is 58.0 Å². The molecule has 17 unspecified atom stereocenters. The minimum atomic E-state index is -1.73. The molecule has 7 aliphatic rings. The Bertz CT molecular complexity index is 1530. The van der Waals surface area contributed by atoms with Gasteiger partial charge in [-0.3, -0.25) is 4.79 Å². The minimum absolute atomic E-state index is 0.0139. The summed E-state index contributed by atoms with van der Waals surface area (Å²) in [6.45, 7) is 7.54. The predicted octanol–water partition coefficient (Wildman–Crippen LogP) is 0.745. The molecule has 52 heavy (non-hydrogen) atoms. The monoisotopic (exact) mass is 727 g/mol. The van der Waals surface area contributed by atoms with Crippen LogP contribution in [0.25, 0.3) is 0 Å². The molecule has 0 aromatic heterocycles. The fraction of sp³-hybridized carbons (Fsp3) is 0.775. The van der Waals surface area contributed by atoms with E-state index in [0.29, 0.717) is 31.4 Å². The number of Topliss-reactive ketones (excluding diaryl/α,β-unsaturated/α-hetero) is 1. The number of rotatable bonds is 9. The maximum atomic E-state index is 15.1. The molecule has 12 nitrogen and oxygen atoms in total. The summed E-state index contributed by atoms with van der Waals surface area (Å²) in [6, 6.07) is 0. The molecule has 17 atom stereocenters. The van der Waals surface area contributed by atoms with Gasteiger partial charge in [0.05, 0.1) is 47.5 Å². The third-order valence-corrected chi connectivity index (χ3v) is 15.0. The van der Waals surface area contributed by atoms with Crippen molar-refractivity contribution in [2.75, 3.05) is 19.8 Å². The van der Waals surface area contributed by atoms with Gasteiger partial charge in [-0.2, -0.15) is 0 Å². The Morgan fingerprint density at radius 1 is 1.13 bits per heavy atom. The molecular formula is C40H61N3O9. The zero-order chi connectivity index (χ0) is 37.5. The van der Waals surface area contributed by atoms with Crippen molar-refractivity contribution >= 4 is 5.78 Å². The first-order valence-corrected chi connectivity index (χ1v) is 19.5. The third kappa shape index (κ3) is 5.61. The first kappa shape index (κ1) is 38.2. The average molecular weight is 728 g/mol. The van der Waals surface area contributed by atoms with Gasteiger partial charge < -0.3 is 56.8 Å². The lowest BCUT2D eigenvalue weighted by atomic mass is 9.40. The van der Waals surface area contributed by atoms with E-state index >= 15 is 4.79 Å². The first-order chi connectivity index (χ1) is 24.5. The van der Waals surface area contributed by atoms with Gasteiger partial charge in [-0.25, -0.2) is 0 Å². The molecule has 0 aromatic rings. The number of allylic oxidation sites excluding steroid dienone is 5. The van der Waals surface area contributed by atoms with Gasteiger partial charge in [0.2, 0.25) is 0 Å². The van der Waals surface area contributed by atoms with E-state index in [9.17, 15) is 35.7 Å². The molecule has 1 spiro atoms. The van der Waals surface area contributed by atoms with Crippen LogP contribution < -0.4 is 16.4 Å². The van der Waals surface area contributed by atoms with E-state index in [2.05, 4.69) is 29.7 Å². The van der Waals surface area contributed by atoms with E-state index in [4.69, 9.17) is 10.5 Å². The van der Waals surface area contributed by atoms with Crippen LogP contribution in [0, 0.1) is 52.3 Å². The molecule has 5 aliphatic carbocycles. The van der Waals surface area contributed by atoms with Gasteiger partial charge in [-0.1, -0.05) is 32.1 Å². The summed E-state index contributed by atoms with van der Waals surface area (Å²) >= 11 is 0. The maximum absolute atomic E-state index is 15.1. The minimum Gasteiger partial charge on any atom is -0.396 e. The topological polar surface area (TPSA) is 218 Å². The molecule has 0 aromatic carbocycles. The summed E-state index contributed by atoms with van der Waals surface area (Å²) in [7, 11) is 0. The molecule has 4 fully saturated rings. The van der Waals surface area contributed by atoms with Crippen LogP contribution in [-0.2, 0) is 9.53 Å². The van der Waals surface area contributed by atoms with Crippen LogP contribution in [-0.4, -0.2) is 109 Å². The highest BCUT2D eigenvalue weighted by atomic mass is 16.5. The van der Waals surface area contributed by atoms with Crippen molar-refractivity contribution in [2.45, 2.75) is 121 Å². The Balaban J connectivity index is 1.43. The van der Waals surface area contributed by atoms with Gasteiger partial charge >= 0.3 is 0 Å². The summed E-state index contributed by atoms with van der Waals surface area (Å²) in [5.74, 6) is -2.37. The molecule has 3 saturated carbocycles. The lowest BCUT2D eigenvalue weighted by Crippen LogP contribution is -2.68. The molecule has 12 heteroatoms. The number of hydrogen-bond donors (Lipinski definition) is 10. The SMILES string of the molecule is CC(O)CNC1=C2C3C(C=CC(C4=CNC(N)C=C4)CC34CC(O)C(O)CC4C1=O)CC1(CCO)C(C(C)(O)C(O)C3OCC(C)C3C)CCC21O. The van der Waals surface area contributed by atoms with Crippen LogP contribution in [0.4, 0.5) is 0 Å². The van der Waals surface area contributed by atoms with E-state index in [-0.39, 0.29) is 80.2 Å². The van der Waals surface area contributed by atoms with Gasteiger partial charge in [0.15, 0.2) is 5.78 Å². The number of aliphatic hydroxyl groups is 7. The molecule has 1 saturated heterocycles. The van der Waals surface area contributed by atoms with Gasteiger partial charge in [-0.05, 0) is 111 Å². The van der Waals surface area contributed by atoms with E-state index in [1.807, 2.05) is 25.3 Å². The van der Waals surface area contributed by atoms with Crippen molar-refractivity contribution in [3.63, 3.8) is 0 Å². The Morgan fingerprint density at radius 3 is 2.52 bits per heavy atom. The van der Waals surface area contributed by atoms with Crippen LogP contribution in [0.5, 0.6) is 0 Å². The van der Waals surface area contributed by atoms with Crippen LogP contribution >= 0.6 is 0 Å². The van der Waals surface area contributed by atoms with Crippen molar-refractivity contribution in [1.29, 1.82) is 0 Å². The molecular weight excluding hydrogens is 666 g/mol. The van der Waals surface area contributed by atoms with Gasteiger partial charge in [0.25, 0.3) is 0 Å². The number of hydrogen-bond acceptors (Lipinski definition) is 12. The normalized spacial score (nSPS) is 47.7. The lowest BCUT2D eigenvalue weighted by molar-refractivity contribution is -0.209. The van der Waals surface area contributed by atoms with Crippen LogP contribution in [0.15, 0.2) is 47.3 Å². The Morgan fingerprint density at radius 2 is 1.88 bits per heavy atom. The molecule has 290 valence electrons. The second-order valence-electron chi connectivity index (χ2n) is 17.9. The smallest absolute Gasteiger partial charge is 0.182 e. The van der Waals surface area contributed by atoms with Gasteiger partial charge in [0.1, 0.15) is 6.10 Å². The zero-order valence-electron chi connectivity index (χ0n) is 31.0. The van der Waals surface area contributed by atoms with Crippen LogP contribution in [0.2, 0.25) is 0 Å². The predicted molar refractivity (Wildman–Crippen MR) is 193 cm³/mol. The summed E-state index contributed by atoms with van der Waals surface area (Å²) in [5.41, 5.74) is 2.34. The highest BCUT2D eigenvalue weighted by Gasteiger charge is 2.74. The number of nitrogens with two attached hydrogens (primary N) is 1. The number of dihydropyridines is 1. The van der Waals surface area contributed by atoms with Crippen molar-refractivity contribution in [1.82, 2.24) is 10.6 Å². The number of carbonyl (C=O) groups excluding carboxylic acids is 1. The second-order valence-corrected chi connectivity index (χ2v) is 17.9. The van der Waals surface area contributed by atoms with E-state index in [0.717, 1.165) is 5.57 Å². The number of fused-ring (bicyclic) bond motifs is 2. The Kier molecular flexibility index (Phi) is 9.95. The molecule has 7 rings (SSSR count). The third-order valence-electron chi connectivity index (χ3n) is 15.0. The summed E-state index contributed by atoms with van der Waals surface area (Å²) in [4.78, 5) is 15.1. The van der Waals surface area contributed by atoms with Gasteiger partial charge in [0, 0.05) is 43.2 Å². The fourth-order valence-electron chi connectivity index (χ4n) is 12.3. The fourth-order valence-corrected chi connectivity index (χ4v) is 12.3. The van der Waals surface area contributed by atoms with Crippen LogP contribution in [0.1, 0.15) is 72.6 Å². The van der Waals surface area contributed by atoms with E-state index < -0.39 is 70.3 Å². The largest absolute Gasteiger partial charge is 0.396 e. The maximum Gasteiger partial charge on any atom is 0.182 e. The van der Waals surface area contributed by atoms with E-state index in [1.54, 1.807) is 13.8 Å². The number of carbonyl (C=O) groups is 1. The quantitative estimate of drug-likeness (QED) is 0.149. The summed E-state index contributed by atoms with van der Waals surface area (Å²) in [6.07, 6.45) is 6.51. The Labute approximate surface area is 306 Å².